The molecule has 23 heavy (non-hydrogen) atoms. The molecule has 1 aliphatic carbocycles. The van der Waals surface area contributed by atoms with Crippen LogP contribution in [0.2, 0.25) is 0 Å². The molecule has 1 aromatic rings. The quantitative estimate of drug-likeness (QED) is 0.718. The Labute approximate surface area is 136 Å². The van der Waals surface area contributed by atoms with E-state index in [1.165, 1.54) is 12.5 Å². The van der Waals surface area contributed by atoms with Crippen molar-refractivity contribution in [2.75, 3.05) is 13.1 Å². The summed E-state index contributed by atoms with van der Waals surface area (Å²) in [7, 11) is -3.63. The molecule has 0 bridgehead atoms. The second kappa shape index (κ2) is 6.98. The van der Waals surface area contributed by atoms with Crippen LogP contribution in [0.25, 0.3) is 0 Å². The van der Waals surface area contributed by atoms with Crippen LogP contribution in [0, 0.1) is 0 Å². The van der Waals surface area contributed by atoms with Crippen molar-refractivity contribution in [2.24, 2.45) is 0 Å². The SMILES string of the molecule is CCN(CC(=O)O)C1CC(NS(=O)(=O)c2cn(C(C)C)cn2)C1. The smallest absolute Gasteiger partial charge is 0.317 e. The first-order chi connectivity index (χ1) is 10.7. The zero-order valence-corrected chi connectivity index (χ0v) is 14.5. The number of aromatic nitrogens is 2. The van der Waals surface area contributed by atoms with Crippen LogP contribution in [-0.4, -0.2) is 59.1 Å². The molecule has 2 N–H and O–H groups in total. The number of carboxylic acids is 1. The Morgan fingerprint density at radius 3 is 2.65 bits per heavy atom. The summed E-state index contributed by atoms with van der Waals surface area (Å²) >= 11 is 0. The first-order valence-electron chi connectivity index (χ1n) is 7.74. The number of rotatable bonds is 8. The zero-order chi connectivity index (χ0) is 17.2. The highest BCUT2D eigenvalue weighted by Crippen LogP contribution is 2.27. The lowest BCUT2D eigenvalue weighted by molar-refractivity contribution is -0.139. The molecular weight excluding hydrogens is 320 g/mol. The number of hydrogen-bond donors (Lipinski definition) is 2. The lowest BCUT2D eigenvalue weighted by atomic mass is 9.86. The zero-order valence-electron chi connectivity index (χ0n) is 13.6. The Morgan fingerprint density at radius 2 is 2.17 bits per heavy atom. The lowest BCUT2D eigenvalue weighted by Gasteiger charge is -2.41. The third-order valence-electron chi connectivity index (χ3n) is 4.15. The molecule has 2 rings (SSSR count). The van der Waals surface area contributed by atoms with Gasteiger partial charge < -0.3 is 9.67 Å². The van der Waals surface area contributed by atoms with Gasteiger partial charge in [0.15, 0.2) is 5.03 Å². The van der Waals surface area contributed by atoms with Crippen LogP contribution >= 0.6 is 0 Å². The van der Waals surface area contributed by atoms with Gasteiger partial charge in [0.1, 0.15) is 0 Å². The summed E-state index contributed by atoms with van der Waals surface area (Å²) in [6.07, 6.45) is 4.26. The number of carboxylic acid groups (broad SMARTS) is 1. The molecule has 1 heterocycles. The number of imidazole rings is 1. The van der Waals surface area contributed by atoms with E-state index in [9.17, 15) is 13.2 Å². The molecule has 0 radical (unpaired) electrons. The van der Waals surface area contributed by atoms with E-state index >= 15 is 0 Å². The van der Waals surface area contributed by atoms with Crippen molar-refractivity contribution < 1.29 is 18.3 Å². The standard InChI is InChI=1S/C14H24N4O4S/c1-4-17(8-14(19)20)12-5-11(6-12)16-23(21,22)13-7-18(9-15-13)10(2)3/h7,9-12,16H,4-6,8H2,1-3H3,(H,19,20). The normalized spacial score (nSPS) is 21.6. The fourth-order valence-corrected chi connectivity index (χ4v) is 3.87. The second-order valence-electron chi connectivity index (χ2n) is 6.15. The highest BCUT2D eigenvalue weighted by atomic mass is 32.2. The number of likely N-dealkylation sites (N-methyl/N-ethyl adjacent to an activating group) is 1. The summed E-state index contributed by atoms with van der Waals surface area (Å²) in [6.45, 7) is 6.42. The summed E-state index contributed by atoms with van der Waals surface area (Å²) in [4.78, 5) is 16.6. The average Bonchev–Trinajstić information content (AvgIpc) is 2.90. The van der Waals surface area contributed by atoms with Crippen molar-refractivity contribution in [3.63, 3.8) is 0 Å². The maximum Gasteiger partial charge on any atom is 0.317 e. The summed E-state index contributed by atoms with van der Waals surface area (Å²) in [5.74, 6) is -0.866. The molecule has 130 valence electrons. The minimum Gasteiger partial charge on any atom is -0.480 e. The molecule has 0 saturated heterocycles. The third kappa shape index (κ3) is 4.30. The third-order valence-corrected chi connectivity index (χ3v) is 5.55. The second-order valence-corrected chi connectivity index (χ2v) is 7.81. The van der Waals surface area contributed by atoms with E-state index in [2.05, 4.69) is 9.71 Å². The molecule has 1 saturated carbocycles. The van der Waals surface area contributed by atoms with Crippen molar-refractivity contribution >= 4 is 16.0 Å². The molecule has 0 unspecified atom stereocenters. The van der Waals surface area contributed by atoms with Crippen molar-refractivity contribution in [1.82, 2.24) is 19.2 Å². The monoisotopic (exact) mass is 344 g/mol. The van der Waals surface area contributed by atoms with E-state index in [-0.39, 0.29) is 29.7 Å². The molecule has 0 aliphatic heterocycles. The molecule has 1 fully saturated rings. The fourth-order valence-electron chi connectivity index (χ4n) is 2.67. The first kappa shape index (κ1) is 17.9. The van der Waals surface area contributed by atoms with Crippen LogP contribution in [0.4, 0.5) is 0 Å². The Morgan fingerprint density at radius 1 is 1.52 bits per heavy atom. The number of sulfonamides is 1. The minimum atomic E-state index is -3.63. The lowest BCUT2D eigenvalue weighted by Crippen LogP contribution is -2.54. The van der Waals surface area contributed by atoms with E-state index in [1.54, 1.807) is 4.57 Å². The first-order valence-corrected chi connectivity index (χ1v) is 9.23. The number of nitrogens with zero attached hydrogens (tertiary/aromatic N) is 3. The van der Waals surface area contributed by atoms with Gasteiger partial charge in [-0.2, -0.15) is 0 Å². The molecule has 1 aliphatic rings. The van der Waals surface area contributed by atoms with Gasteiger partial charge in [0.25, 0.3) is 10.0 Å². The van der Waals surface area contributed by atoms with Crippen LogP contribution in [0.1, 0.15) is 39.7 Å². The summed E-state index contributed by atoms with van der Waals surface area (Å²) < 4.78 is 29.0. The Kier molecular flexibility index (Phi) is 5.43. The molecule has 0 atom stereocenters. The van der Waals surface area contributed by atoms with Gasteiger partial charge in [-0.3, -0.25) is 9.69 Å². The van der Waals surface area contributed by atoms with Crippen LogP contribution < -0.4 is 4.72 Å². The Hall–Kier alpha value is -1.45. The van der Waals surface area contributed by atoms with Gasteiger partial charge in [-0.25, -0.2) is 18.1 Å². The fraction of sp³-hybridized carbons (Fsp3) is 0.714. The van der Waals surface area contributed by atoms with Crippen LogP contribution in [-0.2, 0) is 14.8 Å². The van der Waals surface area contributed by atoms with E-state index < -0.39 is 16.0 Å². The minimum absolute atomic E-state index is 0.0145. The average molecular weight is 344 g/mol. The van der Waals surface area contributed by atoms with Gasteiger partial charge in [-0.15, -0.1) is 0 Å². The Balaban J connectivity index is 1.92. The number of nitrogens with one attached hydrogen (secondary N) is 1. The topological polar surface area (TPSA) is 105 Å². The predicted molar refractivity (Wildman–Crippen MR) is 84.6 cm³/mol. The number of aliphatic carboxylic acids is 1. The Bertz CT molecular complexity index is 649. The highest BCUT2D eigenvalue weighted by molar-refractivity contribution is 7.89. The van der Waals surface area contributed by atoms with E-state index in [0.717, 1.165) is 0 Å². The molecule has 0 amide bonds. The molecular formula is C14H24N4O4S. The molecule has 1 aromatic heterocycles. The van der Waals surface area contributed by atoms with Gasteiger partial charge >= 0.3 is 5.97 Å². The van der Waals surface area contributed by atoms with Crippen molar-refractivity contribution in [3.8, 4) is 0 Å². The maximum atomic E-state index is 12.3. The largest absolute Gasteiger partial charge is 0.480 e. The van der Waals surface area contributed by atoms with E-state index in [1.807, 2.05) is 25.7 Å². The summed E-state index contributed by atoms with van der Waals surface area (Å²) in [5, 5.41) is 8.89. The van der Waals surface area contributed by atoms with Crippen molar-refractivity contribution in [1.29, 1.82) is 0 Å². The van der Waals surface area contributed by atoms with Gasteiger partial charge in [0.2, 0.25) is 0 Å². The summed E-state index contributed by atoms with van der Waals surface area (Å²) in [6, 6.07) is 0.0859. The van der Waals surface area contributed by atoms with Gasteiger partial charge in [0, 0.05) is 24.3 Å². The highest BCUT2D eigenvalue weighted by Gasteiger charge is 2.36. The van der Waals surface area contributed by atoms with E-state index in [4.69, 9.17) is 5.11 Å². The van der Waals surface area contributed by atoms with Gasteiger partial charge in [-0.05, 0) is 33.2 Å². The number of carbonyl (C=O) groups is 1. The maximum absolute atomic E-state index is 12.3. The van der Waals surface area contributed by atoms with Crippen LogP contribution in [0.5, 0.6) is 0 Å². The molecule has 8 nitrogen and oxygen atoms in total. The summed E-state index contributed by atoms with van der Waals surface area (Å²) in [5.41, 5.74) is 0. The predicted octanol–water partition coefficient (Wildman–Crippen LogP) is 0.680. The van der Waals surface area contributed by atoms with Crippen LogP contribution in [0.15, 0.2) is 17.6 Å². The van der Waals surface area contributed by atoms with E-state index in [0.29, 0.717) is 19.4 Å². The van der Waals surface area contributed by atoms with Crippen molar-refractivity contribution in [3.05, 3.63) is 12.5 Å². The molecule has 9 heteroatoms. The van der Waals surface area contributed by atoms with Gasteiger partial charge in [0.05, 0.1) is 12.9 Å². The number of hydrogen-bond acceptors (Lipinski definition) is 5. The van der Waals surface area contributed by atoms with Crippen LogP contribution in [0.3, 0.4) is 0 Å². The van der Waals surface area contributed by atoms with Gasteiger partial charge in [-0.1, -0.05) is 6.92 Å². The van der Waals surface area contributed by atoms with Crippen molar-refractivity contribution in [2.45, 2.75) is 56.8 Å². The molecule has 0 spiro atoms. The molecule has 0 aromatic carbocycles.